The number of nitrogens with zero attached hydrogens (tertiary/aromatic N) is 2. The Balaban J connectivity index is 1.89. The molecule has 2 rings (SSSR count). The number of hydrogen-bond donors (Lipinski definition) is 1. The van der Waals surface area contributed by atoms with E-state index in [4.69, 9.17) is 11.6 Å². The molecule has 1 fully saturated rings. The van der Waals surface area contributed by atoms with Crippen LogP contribution < -0.4 is 0 Å². The summed E-state index contributed by atoms with van der Waals surface area (Å²) in [5, 5.41) is 10.4. The summed E-state index contributed by atoms with van der Waals surface area (Å²) in [4.78, 5) is 16.2. The highest BCUT2D eigenvalue weighted by atomic mass is 35.5. The van der Waals surface area contributed by atoms with E-state index in [1.54, 1.807) is 4.90 Å². The highest BCUT2D eigenvalue weighted by Crippen LogP contribution is 2.13. The fraction of sp³-hybridized carbons (Fsp3) is 0.562. The maximum atomic E-state index is 12.3. The van der Waals surface area contributed by atoms with Gasteiger partial charge in [-0.15, -0.1) is 0 Å². The molecule has 0 spiro atoms. The van der Waals surface area contributed by atoms with E-state index in [2.05, 4.69) is 4.90 Å². The van der Waals surface area contributed by atoms with Gasteiger partial charge in [-0.25, -0.2) is 0 Å². The minimum Gasteiger partial charge on any atom is -0.391 e. The van der Waals surface area contributed by atoms with Crippen LogP contribution in [-0.4, -0.2) is 53.1 Å². The van der Waals surface area contributed by atoms with Crippen LogP contribution in [0.15, 0.2) is 24.3 Å². The first kappa shape index (κ1) is 16.3. The fourth-order valence-electron chi connectivity index (χ4n) is 2.60. The summed E-state index contributed by atoms with van der Waals surface area (Å²) in [5.41, 5.74) is 1.15. The van der Waals surface area contributed by atoms with Crippen LogP contribution in [-0.2, 0) is 11.3 Å². The Hall–Kier alpha value is -1.10. The summed E-state index contributed by atoms with van der Waals surface area (Å²) in [7, 11) is 0. The molecule has 1 N–H and O–H groups in total. The number of β-amino-alcohol motifs (C(OH)–C–C–N with tert-alkyl or cyclic N) is 1. The fourth-order valence-corrected chi connectivity index (χ4v) is 2.73. The largest absolute Gasteiger partial charge is 0.391 e. The smallest absolute Gasteiger partial charge is 0.236 e. The summed E-state index contributed by atoms with van der Waals surface area (Å²) in [5.74, 6) is 0.101. The molecule has 0 aromatic heterocycles. The summed E-state index contributed by atoms with van der Waals surface area (Å²) in [6, 6.07) is 7.71. The molecular formula is C16H23ClN2O2. The van der Waals surface area contributed by atoms with E-state index in [1.165, 1.54) is 0 Å². The first-order valence-corrected chi connectivity index (χ1v) is 7.89. The summed E-state index contributed by atoms with van der Waals surface area (Å²) < 4.78 is 0. The van der Waals surface area contributed by atoms with Crippen molar-refractivity contribution in [2.45, 2.75) is 32.4 Å². The lowest BCUT2D eigenvalue weighted by atomic mass is 10.1. The third-order valence-corrected chi connectivity index (χ3v) is 4.13. The van der Waals surface area contributed by atoms with Crippen molar-refractivity contribution in [2.75, 3.05) is 26.2 Å². The van der Waals surface area contributed by atoms with Crippen molar-refractivity contribution in [2.24, 2.45) is 0 Å². The molecule has 1 aliphatic heterocycles. The number of aliphatic hydroxyl groups excluding tert-OH is 1. The van der Waals surface area contributed by atoms with Crippen LogP contribution >= 0.6 is 11.6 Å². The van der Waals surface area contributed by atoms with Crippen molar-refractivity contribution in [3.05, 3.63) is 34.9 Å². The third kappa shape index (κ3) is 4.99. The highest BCUT2D eigenvalue weighted by Gasteiger charge is 2.23. The van der Waals surface area contributed by atoms with Crippen LogP contribution in [0.5, 0.6) is 0 Å². The molecule has 4 nitrogen and oxygen atoms in total. The summed E-state index contributed by atoms with van der Waals surface area (Å²) in [6.07, 6.45) is 1.32. The number of likely N-dealkylation sites (N-methyl/N-ethyl adjacent to an activating group) is 1. The van der Waals surface area contributed by atoms with Gasteiger partial charge < -0.3 is 10.0 Å². The predicted molar refractivity (Wildman–Crippen MR) is 84.2 cm³/mol. The molecule has 1 aromatic carbocycles. The number of amides is 1. The summed E-state index contributed by atoms with van der Waals surface area (Å²) in [6.45, 7) is 5.21. The van der Waals surface area contributed by atoms with E-state index < -0.39 is 0 Å². The Kier molecular flexibility index (Phi) is 6.03. The lowest BCUT2D eigenvalue weighted by molar-refractivity contribution is -0.135. The average molecular weight is 311 g/mol. The van der Waals surface area contributed by atoms with Gasteiger partial charge in [-0.2, -0.15) is 0 Å². The van der Waals surface area contributed by atoms with Gasteiger partial charge in [-0.1, -0.05) is 30.7 Å². The highest BCUT2D eigenvalue weighted by molar-refractivity contribution is 6.30. The van der Waals surface area contributed by atoms with E-state index in [9.17, 15) is 9.90 Å². The minimum absolute atomic E-state index is 0.101. The van der Waals surface area contributed by atoms with Gasteiger partial charge >= 0.3 is 0 Å². The van der Waals surface area contributed by atoms with Crippen molar-refractivity contribution in [3.63, 3.8) is 0 Å². The lowest BCUT2D eigenvalue weighted by Crippen LogP contribution is -2.46. The van der Waals surface area contributed by atoms with Crippen LogP contribution in [0.4, 0.5) is 0 Å². The molecule has 1 saturated heterocycles. The Bertz CT molecular complexity index is 464. The van der Waals surface area contributed by atoms with Crippen molar-refractivity contribution >= 4 is 17.5 Å². The van der Waals surface area contributed by atoms with Crippen LogP contribution in [0.25, 0.3) is 0 Å². The Labute approximate surface area is 131 Å². The Morgan fingerprint density at radius 1 is 1.43 bits per heavy atom. The molecule has 0 saturated carbocycles. The first-order chi connectivity index (χ1) is 10.1. The molecule has 0 radical (unpaired) electrons. The number of carbonyl (C=O) groups is 1. The van der Waals surface area contributed by atoms with Gasteiger partial charge in [0.15, 0.2) is 0 Å². The molecule has 1 aliphatic rings. The number of benzene rings is 1. The zero-order valence-corrected chi connectivity index (χ0v) is 13.2. The molecule has 0 aliphatic carbocycles. The molecule has 1 heterocycles. The second kappa shape index (κ2) is 7.78. The van der Waals surface area contributed by atoms with Gasteiger partial charge in [-0.3, -0.25) is 9.69 Å². The van der Waals surface area contributed by atoms with E-state index >= 15 is 0 Å². The van der Waals surface area contributed by atoms with Crippen molar-refractivity contribution in [1.29, 1.82) is 0 Å². The van der Waals surface area contributed by atoms with Crippen LogP contribution in [0.2, 0.25) is 5.02 Å². The summed E-state index contributed by atoms with van der Waals surface area (Å²) >= 11 is 5.88. The standard InChI is InChI=1S/C16H23ClN2O2/c1-2-18(10-13-5-7-14(17)8-6-13)12-16(21)19-9-3-4-15(20)11-19/h5-8,15,20H,2-4,9-12H2,1H3. The SMILES string of the molecule is CCN(CC(=O)N1CCCC(O)C1)Cc1ccc(Cl)cc1. The van der Waals surface area contributed by atoms with Crippen LogP contribution in [0, 0.1) is 0 Å². The van der Waals surface area contributed by atoms with Crippen LogP contribution in [0.3, 0.4) is 0 Å². The van der Waals surface area contributed by atoms with Gasteiger partial charge in [0.1, 0.15) is 0 Å². The lowest BCUT2D eigenvalue weighted by Gasteiger charge is -2.32. The third-order valence-electron chi connectivity index (χ3n) is 3.87. The number of halogens is 1. The topological polar surface area (TPSA) is 43.8 Å². The predicted octanol–water partition coefficient (Wildman–Crippen LogP) is 2.15. The van der Waals surface area contributed by atoms with Crippen molar-refractivity contribution in [3.8, 4) is 0 Å². The van der Waals surface area contributed by atoms with Gasteiger partial charge in [0.05, 0.1) is 12.6 Å². The van der Waals surface area contributed by atoms with Gasteiger partial charge in [0.25, 0.3) is 0 Å². The Morgan fingerprint density at radius 2 is 2.14 bits per heavy atom. The van der Waals surface area contributed by atoms with E-state index in [-0.39, 0.29) is 12.0 Å². The number of carbonyl (C=O) groups excluding carboxylic acids is 1. The monoisotopic (exact) mass is 310 g/mol. The maximum absolute atomic E-state index is 12.3. The molecule has 1 atom stereocenters. The molecule has 0 bridgehead atoms. The van der Waals surface area contributed by atoms with Gasteiger partial charge in [0.2, 0.25) is 5.91 Å². The minimum atomic E-state index is -0.367. The molecular weight excluding hydrogens is 288 g/mol. The first-order valence-electron chi connectivity index (χ1n) is 7.51. The number of piperidine rings is 1. The molecule has 1 amide bonds. The zero-order valence-electron chi connectivity index (χ0n) is 12.5. The van der Waals surface area contributed by atoms with E-state index in [0.717, 1.165) is 43.1 Å². The zero-order chi connectivity index (χ0) is 15.2. The molecule has 21 heavy (non-hydrogen) atoms. The number of hydrogen-bond acceptors (Lipinski definition) is 3. The number of rotatable bonds is 5. The molecule has 5 heteroatoms. The number of likely N-dealkylation sites (tertiary alicyclic amines) is 1. The molecule has 1 unspecified atom stereocenters. The second-order valence-corrected chi connectivity index (χ2v) is 6.00. The van der Waals surface area contributed by atoms with E-state index in [1.807, 2.05) is 31.2 Å². The average Bonchev–Trinajstić information content (AvgIpc) is 2.48. The second-order valence-electron chi connectivity index (χ2n) is 5.57. The van der Waals surface area contributed by atoms with Gasteiger partial charge in [0, 0.05) is 24.7 Å². The molecule has 1 aromatic rings. The molecule has 116 valence electrons. The van der Waals surface area contributed by atoms with Crippen LogP contribution in [0.1, 0.15) is 25.3 Å². The quantitative estimate of drug-likeness (QED) is 0.906. The Morgan fingerprint density at radius 3 is 2.76 bits per heavy atom. The number of aliphatic hydroxyl groups is 1. The van der Waals surface area contributed by atoms with Gasteiger partial charge in [-0.05, 0) is 37.1 Å². The van der Waals surface area contributed by atoms with Crippen molar-refractivity contribution < 1.29 is 9.90 Å². The maximum Gasteiger partial charge on any atom is 0.236 e. The normalized spacial score (nSPS) is 19.0. The van der Waals surface area contributed by atoms with E-state index in [0.29, 0.717) is 13.1 Å². The van der Waals surface area contributed by atoms with Crippen molar-refractivity contribution in [1.82, 2.24) is 9.80 Å².